The molecule has 5 heteroatoms. The Hall–Kier alpha value is -2.82. The molecular formula is C22H26N2O3. The normalized spacial score (nSPS) is 18.3. The highest BCUT2D eigenvalue weighted by molar-refractivity contribution is 5.79. The quantitative estimate of drug-likeness (QED) is 0.825. The minimum atomic E-state index is -0.223. The van der Waals surface area contributed by atoms with Gasteiger partial charge in [0.1, 0.15) is 5.75 Å². The summed E-state index contributed by atoms with van der Waals surface area (Å²) < 4.78 is 5.45. The van der Waals surface area contributed by atoms with E-state index in [0.717, 1.165) is 24.8 Å². The average molecular weight is 366 g/mol. The Morgan fingerprint density at radius 1 is 1.07 bits per heavy atom. The summed E-state index contributed by atoms with van der Waals surface area (Å²) in [5.74, 6) is 0.394. The van der Waals surface area contributed by atoms with E-state index in [-0.39, 0.29) is 30.4 Å². The fraction of sp³-hybridized carbons (Fsp3) is 0.364. The number of rotatable bonds is 6. The van der Waals surface area contributed by atoms with Gasteiger partial charge in [-0.2, -0.15) is 0 Å². The van der Waals surface area contributed by atoms with Gasteiger partial charge >= 0.3 is 0 Å². The number of fused-ring (bicyclic) bond motifs is 1. The number of carbonyl (C=O) groups is 2. The molecule has 0 saturated heterocycles. The highest BCUT2D eigenvalue weighted by Gasteiger charge is 2.31. The number of aryl methyl sites for hydroxylation is 1. The average Bonchev–Trinajstić information content (AvgIpc) is 2.65. The Kier molecular flexibility index (Phi) is 5.79. The summed E-state index contributed by atoms with van der Waals surface area (Å²) in [5, 5.41) is 5.73. The Labute approximate surface area is 160 Å². The molecule has 0 bridgehead atoms. The molecule has 0 spiro atoms. The molecule has 27 heavy (non-hydrogen) atoms. The van der Waals surface area contributed by atoms with Crippen LogP contribution in [0.5, 0.6) is 5.75 Å². The molecule has 1 atom stereocenters. The van der Waals surface area contributed by atoms with Crippen LogP contribution >= 0.6 is 0 Å². The molecule has 0 radical (unpaired) electrons. The molecule has 1 unspecified atom stereocenters. The Bertz CT molecular complexity index is 834. The number of hydrogen-bond acceptors (Lipinski definition) is 3. The van der Waals surface area contributed by atoms with Crippen LogP contribution in [-0.2, 0) is 28.9 Å². The molecule has 142 valence electrons. The van der Waals surface area contributed by atoms with Gasteiger partial charge < -0.3 is 15.4 Å². The first kappa shape index (κ1) is 19.0. The highest BCUT2D eigenvalue weighted by atomic mass is 16.5. The zero-order valence-corrected chi connectivity index (χ0v) is 15.9. The van der Waals surface area contributed by atoms with Crippen LogP contribution < -0.4 is 15.4 Å². The third kappa shape index (κ3) is 5.09. The maximum atomic E-state index is 12.6. The van der Waals surface area contributed by atoms with E-state index >= 15 is 0 Å². The van der Waals surface area contributed by atoms with E-state index in [0.29, 0.717) is 5.75 Å². The molecule has 2 aromatic rings. The fourth-order valence-corrected chi connectivity index (χ4v) is 3.53. The van der Waals surface area contributed by atoms with Crippen LogP contribution in [0.3, 0.4) is 0 Å². The van der Waals surface area contributed by atoms with Gasteiger partial charge in [0, 0.05) is 12.6 Å². The number of benzene rings is 2. The van der Waals surface area contributed by atoms with Gasteiger partial charge in [-0.05, 0) is 55.0 Å². The molecule has 2 amide bonds. The van der Waals surface area contributed by atoms with Crippen molar-refractivity contribution in [2.45, 2.75) is 38.1 Å². The van der Waals surface area contributed by atoms with Crippen LogP contribution in [0.4, 0.5) is 0 Å². The molecule has 3 rings (SSSR count). The molecule has 0 fully saturated rings. The van der Waals surface area contributed by atoms with E-state index in [2.05, 4.69) is 41.8 Å². The number of carbonyl (C=O) groups excluding carboxylic acids is 2. The summed E-state index contributed by atoms with van der Waals surface area (Å²) in [6.45, 7) is 2.08. The van der Waals surface area contributed by atoms with Crippen molar-refractivity contribution >= 4 is 11.8 Å². The van der Waals surface area contributed by atoms with Crippen molar-refractivity contribution < 1.29 is 14.3 Å². The van der Waals surface area contributed by atoms with Crippen molar-refractivity contribution in [3.05, 3.63) is 65.2 Å². The summed E-state index contributed by atoms with van der Waals surface area (Å²) in [4.78, 5) is 23.9. The third-order valence-electron chi connectivity index (χ3n) is 5.00. The Balaban J connectivity index is 1.59. The van der Waals surface area contributed by atoms with Gasteiger partial charge in [0.2, 0.25) is 5.91 Å². The summed E-state index contributed by atoms with van der Waals surface area (Å²) in [5.41, 5.74) is 3.33. The molecule has 2 aromatic carbocycles. The van der Waals surface area contributed by atoms with Crippen molar-refractivity contribution in [3.8, 4) is 5.75 Å². The Morgan fingerprint density at radius 3 is 2.63 bits per heavy atom. The van der Waals surface area contributed by atoms with Crippen molar-refractivity contribution in [2.75, 3.05) is 13.7 Å². The van der Waals surface area contributed by atoms with Crippen molar-refractivity contribution in [1.82, 2.24) is 10.6 Å². The van der Waals surface area contributed by atoms with Gasteiger partial charge in [0.05, 0.1) is 6.42 Å². The SMILES string of the molecule is CNC(=O)COc1cccc(CC(=O)NC2(C)CCc3ccccc3C2)c1. The lowest BCUT2D eigenvalue weighted by molar-refractivity contribution is -0.123. The number of hydrogen-bond donors (Lipinski definition) is 2. The summed E-state index contributed by atoms with van der Waals surface area (Å²) in [7, 11) is 1.57. The minimum absolute atomic E-state index is 0.000308. The molecule has 1 aliphatic rings. The van der Waals surface area contributed by atoms with Gasteiger partial charge in [-0.15, -0.1) is 0 Å². The predicted octanol–water partition coefficient (Wildman–Crippen LogP) is 2.42. The highest BCUT2D eigenvalue weighted by Crippen LogP contribution is 2.28. The molecule has 0 saturated carbocycles. The maximum Gasteiger partial charge on any atom is 0.257 e. The molecule has 1 aliphatic carbocycles. The predicted molar refractivity (Wildman–Crippen MR) is 105 cm³/mol. The smallest absolute Gasteiger partial charge is 0.257 e. The van der Waals surface area contributed by atoms with Gasteiger partial charge in [-0.3, -0.25) is 9.59 Å². The topological polar surface area (TPSA) is 67.4 Å². The number of amides is 2. The van der Waals surface area contributed by atoms with E-state index < -0.39 is 0 Å². The van der Waals surface area contributed by atoms with Gasteiger partial charge in [-0.25, -0.2) is 0 Å². The standard InChI is InChI=1S/C22H26N2O3/c1-22(11-10-17-7-3-4-8-18(17)14-22)24-20(25)13-16-6-5-9-19(12-16)27-15-21(26)23-2/h3-9,12H,10-11,13-15H2,1-2H3,(H,23,26)(H,24,25). The molecular weight excluding hydrogens is 340 g/mol. The lowest BCUT2D eigenvalue weighted by Crippen LogP contribution is -2.50. The lowest BCUT2D eigenvalue weighted by atomic mass is 9.79. The van der Waals surface area contributed by atoms with E-state index in [1.54, 1.807) is 19.2 Å². The molecule has 0 heterocycles. The van der Waals surface area contributed by atoms with Crippen LogP contribution in [0.25, 0.3) is 0 Å². The van der Waals surface area contributed by atoms with E-state index in [1.165, 1.54) is 11.1 Å². The van der Waals surface area contributed by atoms with Crippen LogP contribution in [0.1, 0.15) is 30.0 Å². The number of nitrogens with one attached hydrogen (secondary N) is 2. The van der Waals surface area contributed by atoms with Crippen LogP contribution in [-0.4, -0.2) is 31.0 Å². The number of ether oxygens (including phenoxy) is 1. The van der Waals surface area contributed by atoms with Crippen molar-refractivity contribution in [2.24, 2.45) is 0 Å². The molecule has 5 nitrogen and oxygen atoms in total. The number of likely N-dealkylation sites (N-methyl/N-ethyl adjacent to an activating group) is 1. The first-order valence-electron chi connectivity index (χ1n) is 9.27. The second-order valence-corrected chi connectivity index (χ2v) is 7.34. The minimum Gasteiger partial charge on any atom is -0.484 e. The largest absolute Gasteiger partial charge is 0.484 e. The van der Waals surface area contributed by atoms with E-state index in [1.807, 2.05) is 12.1 Å². The first-order chi connectivity index (χ1) is 13.0. The van der Waals surface area contributed by atoms with Crippen LogP contribution in [0, 0.1) is 0 Å². The Morgan fingerprint density at radius 2 is 1.85 bits per heavy atom. The van der Waals surface area contributed by atoms with E-state index in [4.69, 9.17) is 4.74 Å². The van der Waals surface area contributed by atoms with Crippen molar-refractivity contribution in [1.29, 1.82) is 0 Å². The van der Waals surface area contributed by atoms with Crippen LogP contribution in [0.15, 0.2) is 48.5 Å². The fourth-order valence-electron chi connectivity index (χ4n) is 3.53. The zero-order chi connectivity index (χ0) is 19.3. The second kappa shape index (κ2) is 8.25. The molecule has 2 N–H and O–H groups in total. The summed E-state index contributed by atoms with van der Waals surface area (Å²) in [6.07, 6.45) is 3.05. The third-order valence-corrected chi connectivity index (χ3v) is 5.00. The first-order valence-corrected chi connectivity index (χ1v) is 9.27. The molecule has 0 aliphatic heterocycles. The molecule has 0 aromatic heterocycles. The summed E-state index contributed by atoms with van der Waals surface area (Å²) >= 11 is 0. The monoisotopic (exact) mass is 366 g/mol. The van der Waals surface area contributed by atoms with Crippen LogP contribution in [0.2, 0.25) is 0 Å². The zero-order valence-electron chi connectivity index (χ0n) is 15.9. The maximum absolute atomic E-state index is 12.6. The second-order valence-electron chi connectivity index (χ2n) is 7.34. The van der Waals surface area contributed by atoms with Gasteiger partial charge in [0.25, 0.3) is 5.91 Å². The van der Waals surface area contributed by atoms with Gasteiger partial charge in [-0.1, -0.05) is 36.4 Å². The van der Waals surface area contributed by atoms with Gasteiger partial charge in [0.15, 0.2) is 6.61 Å². The van der Waals surface area contributed by atoms with E-state index in [9.17, 15) is 9.59 Å². The van der Waals surface area contributed by atoms with Crippen molar-refractivity contribution in [3.63, 3.8) is 0 Å². The summed E-state index contributed by atoms with van der Waals surface area (Å²) in [6, 6.07) is 15.7. The lowest BCUT2D eigenvalue weighted by Gasteiger charge is -2.36.